The van der Waals surface area contributed by atoms with Gasteiger partial charge in [0.25, 0.3) is 5.91 Å². The molecule has 0 fully saturated rings. The molecule has 0 spiro atoms. The van der Waals surface area contributed by atoms with Gasteiger partial charge in [-0.25, -0.2) is 0 Å². The molecule has 0 heterocycles. The molecular formula is C16H16BrNO3S. The van der Waals surface area contributed by atoms with Gasteiger partial charge in [-0.2, -0.15) is 0 Å². The van der Waals surface area contributed by atoms with Gasteiger partial charge in [0.1, 0.15) is 11.5 Å². The number of hydrogen-bond acceptors (Lipinski definition) is 4. The molecule has 0 unspecified atom stereocenters. The third-order valence-corrected chi connectivity index (χ3v) is 4.34. The first-order chi connectivity index (χ1) is 10.6. The maximum atomic E-state index is 12.5. The predicted molar refractivity (Wildman–Crippen MR) is 93.4 cm³/mol. The molecule has 0 aliphatic heterocycles. The molecular weight excluding hydrogens is 366 g/mol. The van der Waals surface area contributed by atoms with Crippen LogP contribution in [0.15, 0.2) is 45.8 Å². The van der Waals surface area contributed by atoms with Gasteiger partial charge in [-0.3, -0.25) is 4.79 Å². The Labute approximate surface area is 142 Å². The van der Waals surface area contributed by atoms with Gasteiger partial charge in [0.15, 0.2) is 0 Å². The number of carbonyl (C=O) groups excluding carboxylic acids is 1. The molecule has 0 aliphatic carbocycles. The summed E-state index contributed by atoms with van der Waals surface area (Å²) in [6.07, 6.45) is 1.99. The number of benzene rings is 2. The number of ether oxygens (including phenoxy) is 2. The van der Waals surface area contributed by atoms with Crippen molar-refractivity contribution in [3.05, 3.63) is 46.4 Å². The molecule has 0 aromatic heterocycles. The van der Waals surface area contributed by atoms with Gasteiger partial charge in [-0.05, 0) is 52.5 Å². The number of carbonyl (C=O) groups is 1. The summed E-state index contributed by atoms with van der Waals surface area (Å²) < 4.78 is 11.2. The lowest BCUT2D eigenvalue weighted by Gasteiger charge is -2.13. The molecule has 6 heteroatoms. The summed E-state index contributed by atoms with van der Waals surface area (Å²) in [5.74, 6) is 0.796. The number of nitrogens with one attached hydrogen (secondary N) is 1. The Bertz CT molecular complexity index is 691. The molecule has 0 saturated carbocycles. The van der Waals surface area contributed by atoms with Gasteiger partial charge in [-0.1, -0.05) is 6.07 Å². The number of rotatable bonds is 5. The molecule has 1 amide bonds. The Hall–Kier alpha value is -1.66. The van der Waals surface area contributed by atoms with Crippen molar-refractivity contribution in [3.8, 4) is 11.5 Å². The van der Waals surface area contributed by atoms with Crippen LogP contribution in [0.4, 0.5) is 5.69 Å². The van der Waals surface area contributed by atoms with E-state index in [4.69, 9.17) is 9.47 Å². The van der Waals surface area contributed by atoms with Crippen molar-refractivity contribution in [3.63, 3.8) is 0 Å². The lowest BCUT2D eigenvalue weighted by atomic mass is 10.1. The van der Waals surface area contributed by atoms with Crippen LogP contribution in [0.5, 0.6) is 11.5 Å². The second-order valence-corrected chi connectivity index (χ2v) is 6.11. The van der Waals surface area contributed by atoms with Crippen LogP contribution < -0.4 is 14.8 Å². The standard InChI is InChI=1S/C16H16BrNO3S/c1-20-11-8-13(15(21-2)14(17)9-11)16(19)18-10-5-4-6-12(7-10)22-3/h4-9H,1-3H3,(H,18,19). The second kappa shape index (κ2) is 7.56. The fourth-order valence-electron chi connectivity index (χ4n) is 1.96. The molecule has 2 rings (SSSR count). The zero-order valence-corrected chi connectivity index (χ0v) is 14.9. The molecule has 4 nitrogen and oxygen atoms in total. The van der Waals surface area contributed by atoms with E-state index in [-0.39, 0.29) is 5.91 Å². The topological polar surface area (TPSA) is 47.6 Å². The third-order valence-electron chi connectivity index (χ3n) is 3.03. The van der Waals surface area contributed by atoms with Gasteiger partial charge in [0, 0.05) is 10.6 Å². The minimum atomic E-state index is -0.255. The molecule has 0 saturated heterocycles. The highest BCUT2D eigenvalue weighted by Crippen LogP contribution is 2.34. The predicted octanol–water partition coefficient (Wildman–Crippen LogP) is 4.44. The highest BCUT2D eigenvalue weighted by atomic mass is 79.9. The lowest BCUT2D eigenvalue weighted by molar-refractivity contribution is 0.102. The number of hydrogen-bond donors (Lipinski definition) is 1. The summed E-state index contributed by atoms with van der Waals surface area (Å²) in [6.45, 7) is 0. The zero-order chi connectivity index (χ0) is 16.1. The van der Waals surface area contributed by atoms with E-state index in [2.05, 4.69) is 21.2 Å². The van der Waals surface area contributed by atoms with Crippen LogP contribution in [0.2, 0.25) is 0 Å². The minimum Gasteiger partial charge on any atom is -0.497 e. The summed E-state index contributed by atoms with van der Waals surface area (Å²) >= 11 is 5.01. The van der Waals surface area contributed by atoms with E-state index in [1.54, 1.807) is 31.0 Å². The van der Waals surface area contributed by atoms with Crippen molar-refractivity contribution in [2.75, 3.05) is 25.8 Å². The van der Waals surface area contributed by atoms with E-state index in [0.717, 1.165) is 10.6 Å². The largest absolute Gasteiger partial charge is 0.497 e. The quantitative estimate of drug-likeness (QED) is 0.777. The van der Waals surface area contributed by atoms with Gasteiger partial charge in [0.2, 0.25) is 0 Å². The summed E-state index contributed by atoms with van der Waals surface area (Å²) in [7, 11) is 3.08. The molecule has 2 aromatic carbocycles. The number of anilines is 1. The first-order valence-corrected chi connectivity index (χ1v) is 8.47. The van der Waals surface area contributed by atoms with Crippen molar-refractivity contribution < 1.29 is 14.3 Å². The van der Waals surface area contributed by atoms with Gasteiger partial charge in [-0.15, -0.1) is 11.8 Å². The normalized spacial score (nSPS) is 10.2. The van der Waals surface area contributed by atoms with E-state index in [1.165, 1.54) is 7.11 Å². The van der Waals surface area contributed by atoms with E-state index in [9.17, 15) is 4.79 Å². The van der Waals surface area contributed by atoms with Crippen molar-refractivity contribution in [1.29, 1.82) is 0 Å². The van der Waals surface area contributed by atoms with Crippen LogP contribution >= 0.6 is 27.7 Å². The maximum absolute atomic E-state index is 12.5. The summed E-state index contributed by atoms with van der Waals surface area (Å²) in [4.78, 5) is 13.6. The van der Waals surface area contributed by atoms with E-state index in [0.29, 0.717) is 21.5 Å². The van der Waals surface area contributed by atoms with Gasteiger partial charge >= 0.3 is 0 Å². The van der Waals surface area contributed by atoms with Crippen molar-refractivity contribution in [2.24, 2.45) is 0 Å². The highest BCUT2D eigenvalue weighted by Gasteiger charge is 2.17. The van der Waals surface area contributed by atoms with Crippen molar-refractivity contribution in [2.45, 2.75) is 4.90 Å². The second-order valence-electron chi connectivity index (χ2n) is 4.38. The molecule has 0 radical (unpaired) electrons. The SMILES string of the molecule is COc1cc(Br)c(OC)c(C(=O)Nc2cccc(SC)c2)c1. The molecule has 1 N–H and O–H groups in total. The van der Waals surface area contributed by atoms with E-state index in [1.807, 2.05) is 30.5 Å². The number of amides is 1. The Morgan fingerprint density at radius 1 is 1.18 bits per heavy atom. The minimum absolute atomic E-state index is 0.255. The summed E-state index contributed by atoms with van der Waals surface area (Å²) in [5, 5.41) is 2.88. The summed E-state index contributed by atoms with van der Waals surface area (Å²) in [6, 6.07) is 11.1. The fourth-order valence-corrected chi connectivity index (χ4v) is 3.02. The maximum Gasteiger partial charge on any atom is 0.259 e. The summed E-state index contributed by atoms with van der Waals surface area (Å²) in [5.41, 5.74) is 1.14. The zero-order valence-electron chi connectivity index (χ0n) is 12.5. The fraction of sp³-hybridized carbons (Fsp3) is 0.188. The van der Waals surface area contributed by atoms with Crippen molar-refractivity contribution >= 4 is 39.3 Å². The molecule has 0 bridgehead atoms. The number of methoxy groups -OCH3 is 2. The Kier molecular flexibility index (Phi) is 5.74. The molecule has 116 valence electrons. The van der Waals surface area contributed by atoms with Crippen LogP contribution in [0, 0.1) is 0 Å². The molecule has 0 atom stereocenters. The molecule has 2 aromatic rings. The van der Waals surface area contributed by atoms with Gasteiger partial charge < -0.3 is 14.8 Å². The number of halogens is 1. The first-order valence-electron chi connectivity index (χ1n) is 6.46. The molecule has 0 aliphatic rings. The Morgan fingerprint density at radius 2 is 1.95 bits per heavy atom. The van der Waals surface area contributed by atoms with Crippen LogP contribution in [0.1, 0.15) is 10.4 Å². The van der Waals surface area contributed by atoms with E-state index < -0.39 is 0 Å². The first kappa shape index (κ1) is 16.7. The van der Waals surface area contributed by atoms with E-state index >= 15 is 0 Å². The van der Waals surface area contributed by atoms with Crippen LogP contribution in [0.25, 0.3) is 0 Å². The average molecular weight is 382 g/mol. The monoisotopic (exact) mass is 381 g/mol. The Balaban J connectivity index is 2.34. The lowest BCUT2D eigenvalue weighted by Crippen LogP contribution is -2.13. The van der Waals surface area contributed by atoms with Crippen LogP contribution in [0.3, 0.4) is 0 Å². The van der Waals surface area contributed by atoms with Gasteiger partial charge in [0.05, 0.1) is 24.3 Å². The number of thioether (sulfide) groups is 1. The Morgan fingerprint density at radius 3 is 2.59 bits per heavy atom. The van der Waals surface area contributed by atoms with Crippen LogP contribution in [-0.4, -0.2) is 26.4 Å². The molecule has 22 heavy (non-hydrogen) atoms. The smallest absolute Gasteiger partial charge is 0.259 e. The van der Waals surface area contributed by atoms with Crippen molar-refractivity contribution in [1.82, 2.24) is 0 Å². The highest BCUT2D eigenvalue weighted by molar-refractivity contribution is 9.10. The third kappa shape index (κ3) is 3.75. The average Bonchev–Trinajstić information content (AvgIpc) is 2.54. The van der Waals surface area contributed by atoms with Crippen LogP contribution in [-0.2, 0) is 0 Å².